The Morgan fingerprint density at radius 3 is 2.80 bits per heavy atom. The molecule has 3 aromatic rings. The van der Waals surface area contributed by atoms with E-state index in [-0.39, 0.29) is 12.6 Å². The van der Waals surface area contributed by atoms with Crippen molar-refractivity contribution in [2.75, 3.05) is 5.32 Å². The first-order valence-corrected chi connectivity index (χ1v) is 8.20. The molecular formula is C19H18ClN3O2. The minimum Gasteiger partial charge on any atom is -0.471 e. The fraction of sp³-hybridized carbons (Fsp3) is 0.158. The predicted octanol–water partition coefficient (Wildman–Crippen LogP) is 4.44. The van der Waals surface area contributed by atoms with Crippen LogP contribution in [0.15, 0.2) is 54.7 Å². The summed E-state index contributed by atoms with van der Waals surface area (Å²) in [5.74, 6) is 0.389. The molecule has 2 aromatic carbocycles. The Balaban J connectivity index is 1.64. The predicted molar refractivity (Wildman–Crippen MR) is 98.2 cm³/mol. The van der Waals surface area contributed by atoms with E-state index in [1.807, 2.05) is 44.2 Å². The molecule has 1 amide bonds. The highest BCUT2D eigenvalue weighted by molar-refractivity contribution is 6.30. The number of aryl methyl sites for hydroxylation is 1. The molecule has 0 aliphatic heterocycles. The summed E-state index contributed by atoms with van der Waals surface area (Å²) in [6.45, 7) is 4.17. The Hall–Kier alpha value is -2.79. The Labute approximate surface area is 151 Å². The second-order valence-corrected chi connectivity index (χ2v) is 6.11. The highest BCUT2D eigenvalue weighted by atomic mass is 35.5. The Bertz CT molecular complexity index is 905. The van der Waals surface area contributed by atoms with Gasteiger partial charge in [0.25, 0.3) is 5.91 Å². The zero-order valence-corrected chi connectivity index (χ0v) is 14.7. The molecule has 128 valence electrons. The molecule has 0 spiro atoms. The van der Waals surface area contributed by atoms with Crippen molar-refractivity contribution in [1.82, 2.24) is 9.78 Å². The molecule has 5 nitrogen and oxygen atoms in total. The Morgan fingerprint density at radius 1 is 1.20 bits per heavy atom. The molecule has 0 saturated carbocycles. The molecule has 0 radical (unpaired) electrons. The average molecular weight is 356 g/mol. The van der Waals surface area contributed by atoms with Gasteiger partial charge in [0.2, 0.25) is 0 Å². The summed E-state index contributed by atoms with van der Waals surface area (Å²) in [4.78, 5) is 12.4. The van der Waals surface area contributed by atoms with Crippen molar-refractivity contribution in [1.29, 1.82) is 0 Å². The van der Waals surface area contributed by atoms with E-state index in [4.69, 9.17) is 16.3 Å². The van der Waals surface area contributed by atoms with Gasteiger partial charge in [0.15, 0.2) is 12.4 Å². The van der Waals surface area contributed by atoms with E-state index in [0.717, 1.165) is 16.8 Å². The number of nitrogens with zero attached hydrogens (tertiary/aromatic N) is 2. The number of ether oxygens (including phenoxy) is 1. The van der Waals surface area contributed by atoms with Crippen LogP contribution in [0.1, 0.15) is 21.6 Å². The number of aromatic nitrogens is 2. The minimum atomic E-state index is -0.254. The van der Waals surface area contributed by atoms with Crippen LogP contribution in [0.2, 0.25) is 5.02 Å². The number of hydrogen-bond donors (Lipinski definition) is 1. The highest BCUT2D eigenvalue weighted by Crippen LogP contribution is 2.19. The van der Waals surface area contributed by atoms with Gasteiger partial charge >= 0.3 is 0 Å². The zero-order valence-electron chi connectivity index (χ0n) is 14.0. The van der Waals surface area contributed by atoms with Crippen LogP contribution in [0.3, 0.4) is 0 Å². The maximum Gasteiger partial charge on any atom is 0.276 e. The molecule has 0 saturated heterocycles. The first-order valence-electron chi connectivity index (χ1n) is 7.82. The summed E-state index contributed by atoms with van der Waals surface area (Å²) >= 11 is 5.92. The molecular weight excluding hydrogens is 338 g/mol. The third-order valence-corrected chi connectivity index (χ3v) is 4.12. The minimum absolute atomic E-state index is 0.192. The maximum atomic E-state index is 12.4. The number of nitrogens with one attached hydrogen (secondary N) is 1. The molecule has 0 aliphatic rings. The standard InChI is InChI=1S/C19H18ClN3O2/c1-13-5-3-8-17(14(13)2)21-19(24)18-9-10-23(22-18)12-25-16-7-4-6-15(20)11-16/h3-11H,12H2,1-2H3,(H,21,24). The fourth-order valence-corrected chi connectivity index (χ4v) is 2.51. The van der Waals surface area contributed by atoms with Crippen molar-refractivity contribution in [3.05, 3.63) is 76.6 Å². The van der Waals surface area contributed by atoms with E-state index in [2.05, 4.69) is 10.4 Å². The number of carbonyl (C=O) groups is 1. The molecule has 0 atom stereocenters. The van der Waals surface area contributed by atoms with Crippen molar-refractivity contribution < 1.29 is 9.53 Å². The van der Waals surface area contributed by atoms with Crippen LogP contribution in [0.5, 0.6) is 5.75 Å². The van der Waals surface area contributed by atoms with E-state index in [0.29, 0.717) is 16.5 Å². The van der Waals surface area contributed by atoms with Gasteiger partial charge < -0.3 is 10.1 Å². The number of hydrogen-bond acceptors (Lipinski definition) is 3. The second-order valence-electron chi connectivity index (χ2n) is 5.67. The molecule has 1 heterocycles. The van der Waals surface area contributed by atoms with Gasteiger partial charge in [-0.1, -0.05) is 29.8 Å². The molecule has 3 rings (SSSR count). The van der Waals surface area contributed by atoms with E-state index in [9.17, 15) is 4.79 Å². The lowest BCUT2D eigenvalue weighted by molar-refractivity contribution is 0.102. The lowest BCUT2D eigenvalue weighted by atomic mass is 10.1. The fourth-order valence-electron chi connectivity index (χ4n) is 2.33. The van der Waals surface area contributed by atoms with Crippen LogP contribution >= 0.6 is 11.6 Å². The van der Waals surface area contributed by atoms with E-state index >= 15 is 0 Å². The van der Waals surface area contributed by atoms with Gasteiger partial charge in [0.05, 0.1) is 0 Å². The van der Waals surface area contributed by atoms with Crippen LogP contribution in [0, 0.1) is 13.8 Å². The Kier molecular flexibility index (Phi) is 5.05. The quantitative estimate of drug-likeness (QED) is 0.736. The molecule has 1 aromatic heterocycles. The molecule has 6 heteroatoms. The molecule has 1 N–H and O–H groups in total. The maximum absolute atomic E-state index is 12.4. The highest BCUT2D eigenvalue weighted by Gasteiger charge is 2.11. The van der Waals surface area contributed by atoms with Gasteiger partial charge in [-0.25, -0.2) is 4.68 Å². The SMILES string of the molecule is Cc1cccc(NC(=O)c2ccn(COc3cccc(Cl)c3)n2)c1C. The monoisotopic (exact) mass is 355 g/mol. The van der Waals surface area contributed by atoms with Crippen molar-refractivity contribution in [2.45, 2.75) is 20.6 Å². The van der Waals surface area contributed by atoms with Gasteiger partial charge in [-0.15, -0.1) is 0 Å². The largest absolute Gasteiger partial charge is 0.471 e. The van der Waals surface area contributed by atoms with Gasteiger partial charge in [-0.3, -0.25) is 4.79 Å². The van der Waals surface area contributed by atoms with Gasteiger partial charge in [0.1, 0.15) is 5.75 Å². The van der Waals surface area contributed by atoms with Crippen molar-refractivity contribution in [3.63, 3.8) is 0 Å². The second kappa shape index (κ2) is 7.40. The lowest BCUT2D eigenvalue weighted by Crippen LogP contribution is -2.15. The summed E-state index contributed by atoms with van der Waals surface area (Å²) < 4.78 is 7.16. The van der Waals surface area contributed by atoms with Gasteiger partial charge in [-0.05, 0) is 55.3 Å². The van der Waals surface area contributed by atoms with Crippen LogP contribution in [-0.2, 0) is 6.73 Å². The summed E-state index contributed by atoms with van der Waals surface area (Å²) in [5, 5.41) is 7.73. The normalized spacial score (nSPS) is 10.5. The molecule has 0 aliphatic carbocycles. The zero-order chi connectivity index (χ0) is 17.8. The van der Waals surface area contributed by atoms with Crippen molar-refractivity contribution in [2.24, 2.45) is 0 Å². The van der Waals surface area contributed by atoms with E-state index in [1.54, 1.807) is 29.1 Å². The number of halogens is 1. The van der Waals surface area contributed by atoms with Crippen LogP contribution in [0.25, 0.3) is 0 Å². The topological polar surface area (TPSA) is 56.2 Å². The third kappa shape index (κ3) is 4.19. The number of carbonyl (C=O) groups excluding carboxylic acids is 1. The van der Waals surface area contributed by atoms with Crippen LogP contribution in [0.4, 0.5) is 5.69 Å². The van der Waals surface area contributed by atoms with Crippen LogP contribution in [-0.4, -0.2) is 15.7 Å². The summed E-state index contributed by atoms with van der Waals surface area (Å²) in [6.07, 6.45) is 1.70. The smallest absolute Gasteiger partial charge is 0.276 e. The van der Waals surface area contributed by atoms with Gasteiger partial charge in [-0.2, -0.15) is 5.10 Å². The van der Waals surface area contributed by atoms with E-state index in [1.165, 1.54) is 0 Å². The Morgan fingerprint density at radius 2 is 2.00 bits per heavy atom. The van der Waals surface area contributed by atoms with Gasteiger partial charge in [0, 0.05) is 16.9 Å². The van der Waals surface area contributed by atoms with E-state index < -0.39 is 0 Å². The summed E-state index contributed by atoms with van der Waals surface area (Å²) in [6, 6.07) is 14.6. The molecule has 0 fully saturated rings. The summed E-state index contributed by atoms with van der Waals surface area (Å²) in [7, 11) is 0. The average Bonchev–Trinajstić information content (AvgIpc) is 3.06. The first kappa shape index (κ1) is 17.0. The third-order valence-electron chi connectivity index (χ3n) is 3.89. The number of rotatable bonds is 5. The first-order chi connectivity index (χ1) is 12.0. The number of benzene rings is 2. The summed E-state index contributed by atoms with van der Waals surface area (Å²) in [5.41, 5.74) is 3.28. The molecule has 0 unspecified atom stereocenters. The molecule has 0 bridgehead atoms. The molecule has 25 heavy (non-hydrogen) atoms. The van der Waals surface area contributed by atoms with Crippen molar-refractivity contribution >= 4 is 23.2 Å². The number of amides is 1. The van der Waals surface area contributed by atoms with Crippen molar-refractivity contribution in [3.8, 4) is 5.75 Å². The van der Waals surface area contributed by atoms with Crippen LogP contribution < -0.4 is 10.1 Å². The lowest BCUT2D eigenvalue weighted by Gasteiger charge is -2.09. The number of anilines is 1.